The Morgan fingerprint density at radius 2 is 1.93 bits per heavy atom. The summed E-state index contributed by atoms with van der Waals surface area (Å²) >= 11 is 0. The van der Waals surface area contributed by atoms with Gasteiger partial charge in [0.1, 0.15) is 0 Å². The normalized spacial score (nSPS) is 20.1. The van der Waals surface area contributed by atoms with Gasteiger partial charge in [0.05, 0.1) is 24.6 Å². The lowest BCUT2D eigenvalue weighted by Crippen LogP contribution is -2.43. The van der Waals surface area contributed by atoms with Crippen molar-refractivity contribution in [2.75, 3.05) is 43.1 Å². The summed E-state index contributed by atoms with van der Waals surface area (Å²) in [6, 6.07) is 7.85. The van der Waals surface area contributed by atoms with Gasteiger partial charge in [-0.15, -0.1) is 24.8 Å². The number of nitrogens with two attached hydrogens (primary N) is 1. The van der Waals surface area contributed by atoms with Gasteiger partial charge < -0.3 is 26.0 Å². The molecule has 27 heavy (non-hydrogen) atoms. The van der Waals surface area contributed by atoms with E-state index in [0.29, 0.717) is 19.6 Å². The maximum Gasteiger partial charge on any atom is 0.226 e. The van der Waals surface area contributed by atoms with E-state index in [-0.39, 0.29) is 48.6 Å². The Hall–Kier alpha value is -1.54. The molecule has 7 nitrogen and oxygen atoms in total. The molecule has 2 fully saturated rings. The topological polar surface area (TPSA) is 96.7 Å². The molecule has 2 aliphatic rings. The molecule has 0 spiro atoms. The number of primary amides is 1. The summed E-state index contributed by atoms with van der Waals surface area (Å²) < 4.78 is 5.39. The van der Waals surface area contributed by atoms with Crippen LogP contribution >= 0.6 is 24.8 Å². The number of ether oxygens (including phenoxy) is 1. The number of carbonyl (C=O) groups excluding carboxylic acids is 2. The highest BCUT2D eigenvalue weighted by molar-refractivity contribution is 5.94. The van der Waals surface area contributed by atoms with Crippen molar-refractivity contribution in [3.05, 3.63) is 24.3 Å². The predicted octanol–water partition coefficient (Wildman–Crippen LogP) is 1.55. The summed E-state index contributed by atoms with van der Waals surface area (Å²) in [5, 5.41) is 6.31. The molecule has 1 atom stereocenters. The first-order valence-electron chi connectivity index (χ1n) is 8.88. The van der Waals surface area contributed by atoms with Crippen molar-refractivity contribution < 1.29 is 14.3 Å². The lowest BCUT2D eigenvalue weighted by atomic mass is 9.96. The molecule has 9 heteroatoms. The van der Waals surface area contributed by atoms with Gasteiger partial charge in [-0.1, -0.05) is 12.1 Å². The van der Waals surface area contributed by atoms with Crippen LogP contribution in [0.3, 0.4) is 0 Å². The zero-order chi connectivity index (χ0) is 17.6. The number of rotatable bonds is 5. The molecule has 2 amide bonds. The minimum atomic E-state index is -0.219. The van der Waals surface area contributed by atoms with Crippen molar-refractivity contribution in [2.45, 2.75) is 25.3 Å². The molecule has 1 aromatic rings. The SMILES string of the molecule is Cl.Cl.NC(=O)C1CCN(c2ccccc2NC(=O)CC2COCCN2)CC1. The number of morpholine rings is 1. The second-order valence-electron chi connectivity index (χ2n) is 6.66. The highest BCUT2D eigenvalue weighted by Crippen LogP contribution is 2.29. The standard InChI is InChI=1S/C18H26N4O3.2ClH/c19-18(24)13-5-8-22(9-6-13)16-4-2-1-3-15(16)21-17(23)11-14-12-25-10-7-20-14;;/h1-4,13-14,20H,5-12H2,(H2,19,24)(H,21,23);2*1H. The maximum atomic E-state index is 12.4. The number of hydrogen-bond acceptors (Lipinski definition) is 5. The van der Waals surface area contributed by atoms with E-state index >= 15 is 0 Å². The van der Waals surface area contributed by atoms with Gasteiger partial charge in [-0.05, 0) is 25.0 Å². The molecule has 0 bridgehead atoms. The number of para-hydroxylation sites is 2. The first kappa shape index (κ1) is 23.5. The van der Waals surface area contributed by atoms with Crippen LogP contribution in [0.25, 0.3) is 0 Å². The first-order chi connectivity index (χ1) is 12.1. The van der Waals surface area contributed by atoms with E-state index in [1.165, 1.54) is 0 Å². The van der Waals surface area contributed by atoms with Gasteiger partial charge in [-0.25, -0.2) is 0 Å². The molecule has 1 unspecified atom stereocenters. The van der Waals surface area contributed by atoms with E-state index in [0.717, 1.165) is 43.9 Å². The van der Waals surface area contributed by atoms with Gasteiger partial charge in [-0.2, -0.15) is 0 Å². The van der Waals surface area contributed by atoms with E-state index in [1.54, 1.807) is 0 Å². The molecule has 0 radical (unpaired) electrons. The van der Waals surface area contributed by atoms with Crippen LogP contribution in [0.5, 0.6) is 0 Å². The number of amides is 2. The van der Waals surface area contributed by atoms with Gasteiger partial charge in [-0.3, -0.25) is 9.59 Å². The molecule has 3 rings (SSSR count). The number of hydrogen-bond donors (Lipinski definition) is 3. The Balaban J connectivity index is 0.00000182. The monoisotopic (exact) mass is 418 g/mol. The molecule has 2 aliphatic heterocycles. The first-order valence-corrected chi connectivity index (χ1v) is 8.88. The third kappa shape index (κ3) is 6.53. The summed E-state index contributed by atoms with van der Waals surface area (Å²) in [5.41, 5.74) is 7.20. The fourth-order valence-electron chi connectivity index (χ4n) is 3.44. The Labute approximate surface area is 172 Å². The smallest absolute Gasteiger partial charge is 0.226 e. The second kappa shape index (κ2) is 11.3. The van der Waals surface area contributed by atoms with Gasteiger partial charge in [0, 0.05) is 38.0 Å². The third-order valence-corrected chi connectivity index (χ3v) is 4.85. The fraction of sp³-hybridized carbons (Fsp3) is 0.556. The van der Waals surface area contributed by atoms with Crippen molar-refractivity contribution >= 4 is 48.0 Å². The third-order valence-electron chi connectivity index (χ3n) is 4.85. The summed E-state index contributed by atoms with van der Waals surface area (Å²) in [4.78, 5) is 25.9. The van der Waals surface area contributed by atoms with Crippen molar-refractivity contribution in [3.63, 3.8) is 0 Å². The molecule has 4 N–H and O–H groups in total. The van der Waals surface area contributed by atoms with Crippen LogP contribution in [-0.2, 0) is 14.3 Å². The average molecular weight is 419 g/mol. The number of nitrogens with one attached hydrogen (secondary N) is 2. The quantitative estimate of drug-likeness (QED) is 0.673. The van der Waals surface area contributed by atoms with Crippen LogP contribution in [-0.4, -0.2) is 50.7 Å². The Bertz CT molecular complexity index is 618. The van der Waals surface area contributed by atoms with Crippen LogP contribution in [0.2, 0.25) is 0 Å². The van der Waals surface area contributed by atoms with Crippen molar-refractivity contribution in [1.82, 2.24) is 5.32 Å². The number of halogens is 2. The van der Waals surface area contributed by atoms with Crippen LogP contribution in [0.1, 0.15) is 19.3 Å². The van der Waals surface area contributed by atoms with Crippen LogP contribution in [0.15, 0.2) is 24.3 Å². The number of nitrogens with zero attached hydrogens (tertiary/aromatic N) is 1. The lowest BCUT2D eigenvalue weighted by molar-refractivity contribution is -0.122. The van der Waals surface area contributed by atoms with E-state index in [1.807, 2.05) is 24.3 Å². The molecule has 1 aromatic carbocycles. The molecular formula is C18H28Cl2N4O3. The molecular weight excluding hydrogens is 391 g/mol. The highest BCUT2D eigenvalue weighted by Gasteiger charge is 2.25. The van der Waals surface area contributed by atoms with E-state index in [2.05, 4.69) is 15.5 Å². The van der Waals surface area contributed by atoms with Crippen molar-refractivity contribution in [3.8, 4) is 0 Å². The Morgan fingerprint density at radius 3 is 2.56 bits per heavy atom. The summed E-state index contributed by atoms with van der Waals surface area (Å²) in [7, 11) is 0. The van der Waals surface area contributed by atoms with Crippen molar-refractivity contribution in [2.24, 2.45) is 11.7 Å². The highest BCUT2D eigenvalue weighted by atomic mass is 35.5. The molecule has 0 saturated carbocycles. The number of piperidine rings is 1. The van der Waals surface area contributed by atoms with Gasteiger partial charge >= 0.3 is 0 Å². The molecule has 2 heterocycles. The predicted molar refractivity (Wildman–Crippen MR) is 111 cm³/mol. The van der Waals surface area contributed by atoms with E-state index in [4.69, 9.17) is 10.5 Å². The zero-order valence-corrected chi connectivity index (χ0v) is 16.8. The van der Waals surface area contributed by atoms with E-state index in [9.17, 15) is 9.59 Å². The summed E-state index contributed by atoms with van der Waals surface area (Å²) in [6.45, 7) is 3.57. The van der Waals surface area contributed by atoms with Crippen LogP contribution in [0.4, 0.5) is 11.4 Å². The largest absolute Gasteiger partial charge is 0.378 e. The molecule has 0 aliphatic carbocycles. The number of anilines is 2. The summed E-state index contributed by atoms with van der Waals surface area (Å²) in [5.74, 6) is -0.290. The van der Waals surface area contributed by atoms with Gasteiger partial charge in [0.15, 0.2) is 0 Å². The summed E-state index contributed by atoms with van der Waals surface area (Å²) in [6.07, 6.45) is 1.89. The molecule has 152 valence electrons. The van der Waals surface area contributed by atoms with E-state index < -0.39 is 0 Å². The minimum absolute atomic E-state index is 0. The zero-order valence-electron chi connectivity index (χ0n) is 15.2. The van der Waals surface area contributed by atoms with Gasteiger partial charge in [0.2, 0.25) is 11.8 Å². The van der Waals surface area contributed by atoms with Crippen molar-refractivity contribution in [1.29, 1.82) is 0 Å². The van der Waals surface area contributed by atoms with Crippen LogP contribution in [0, 0.1) is 5.92 Å². The second-order valence-corrected chi connectivity index (χ2v) is 6.66. The molecule has 0 aromatic heterocycles. The number of carbonyl (C=O) groups is 2. The molecule has 2 saturated heterocycles. The Kier molecular flexibility index (Phi) is 9.87. The Morgan fingerprint density at radius 1 is 1.22 bits per heavy atom. The number of benzene rings is 1. The average Bonchev–Trinajstić information content (AvgIpc) is 2.63. The van der Waals surface area contributed by atoms with Crippen LogP contribution < -0.4 is 21.3 Å². The van der Waals surface area contributed by atoms with Gasteiger partial charge in [0.25, 0.3) is 0 Å². The lowest BCUT2D eigenvalue weighted by Gasteiger charge is -2.33. The maximum absolute atomic E-state index is 12.4. The minimum Gasteiger partial charge on any atom is -0.378 e. The fourth-order valence-corrected chi connectivity index (χ4v) is 3.44.